The lowest BCUT2D eigenvalue weighted by Crippen LogP contribution is -2.29. The summed E-state index contributed by atoms with van der Waals surface area (Å²) in [5.41, 5.74) is 3.52. The topological polar surface area (TPSA) is 52.6 Å². The van der Waals surface area contributed by atoms with Crippen LogP contribution >= 0.6 is 0 Å². The number of benzene rings is 4. The Balaban J connectivity index is 1.66. The van der Waals surface area contributed by atoms with Gasteiger partial charge in [0, 0.05) is 0 Å². The van der Waals surface area contributed by atoms with Crippen molar-refractivity contribution in [3.8, 4) is 22.6 Å². The lowest BCUT2D eigenvalue weighted by Gasteiger charge is -2.34. The molecule has 0 aliphatic heterocycles. The molecule has 1 aliphatic rings. The third-order valence-electron chi connectivity index (χ3n) is 6.41. The molecule has 0 unspecified atom stereocenters. The minimum absolute atomic E-state index is 0.315. The summed E-state index contributed by atoms with van der Waals surface area (Å²) in [6, 6.07) is 26.0. The van der Waals surface area contributed by atoms with E-state index in [0.29, 0.717) is 11.1 Å². The molecule has 0 spiro atoms. The van der Waals surface area contributed by atoms with Crippen molar-refractivity contribution in [2.24, 2.45) is 0 Å². The van der Waals surface area contributed by atoms with Gasteiger partial charge in [-0.1, -0.05) is 72.8 Å². The Bertz CT molecular complexity index is 1440. The Kier molecular flexibility index (Phi) is 6.21. The third-order valence-corrected chi connectivity index (χ3v) is 6.41. The number of ether oxygens (including phenoxy) is 2. The molecule has 1 aliphatic carbocycles. The quantitative estimate of drug-likeness (QED) is 0.140. The van der Waals surface area contributed by atoms with E-state index in [1.165, 1.54) is 48.5 Å². The number of hydrogen-bond acceptors (Lipinski definition) is 4. The Morgan fingerprint density at radius 3 is 1.18 bits per heavy atom. The fourth-order valence-electron chi connectivity index (χ4n) is 4.90. The lowest BCUT2D eigenvalue weighted by atomic mass is 9.68. The van der Waals surface area contributed by atoms with Crippen LogP contribution < -0.4 is 9.47 Å². The van der Waals surface area contributed by atoms with E-state index in [0.717, 1.165) is 22.3 Å². The second kappa shape index (κ2) is 9.30. The van der Waals surface area contributed by atoms with Crippen molar-refractivity contribution in [1.29, 1.82) is 0 Å². The Hall–Kier alpha value is -4.60. The van der Waals surface area contributed by atoms with Crippen LogP contribution in [0.5, 0.6) is 11.5 Å². The van der Waals surface area contributed by atoms with Gasteiger partial charge in [-0.25, -0.2) is 9.59 Å². The molecule has 0 heterocycles. The SMILES string of the molecule is O=C(Oc1ccc(C2(c3ccc(OC(=O)C(F)(F)F)cc3)c3ccccc3-c3ccccc32)cc1)C(F)(F)F. The zero-order valence-corrected chi connectivity index (χ0v) is 19.6. The van der Waals surface area contributed by atoms with E-state index in [4.69, 9.17) is 0 Å². The lowest BCUT2D eigenvalue weighted by molar-refractivity contribution is -0.189. The number of hydrogen-bond donors (Lipinski definition) is 0. The van der Waals surface area contributed by atoms with E-state index in [2.05, 4.69) is 9.47 Å². The summed E-state index contributed by atoms with van der Waals surface area (Å²) in [6.45, 7) is 0. The van der Waals surface area contributed by atoms with E-state index >= 15 is 0 Å². The molecule has 198 valence electrons. The average molecular weight is 542 g/mol. The van der Waals surface area contributed by atoms with Gasteiger partial charge in [0.25, 0.3) is 0 Å². The highest BCUT2D eigenvalue weighted by molar-refractivity contribution is 5.86. The second-order valence-electron chi connectivity index (χ2n) is 8.66. The number of halogens is 6. The Morgan fingerprint density at radius 2 is 0.846 bits per heavy atom. The molecule has 4 nitrogen and oxygen atoms in total. The van der Waals surface area contributed by atoms with Crippen molar-refractivity contribution >= 4 is 11.9 Å². The van der Waals surface area contributed by atoms with Crippen LogP contribution in [0.3, 0.4) is 0 Å². The summed E-state index contributed by atoms with van der Waals surface area (Å²) in [5, 5.41) is 0. The fourth-order valence-corrected chi connectivity index (χ4v) is 4.90. The van der Waals surface area contributed by atoms with Gasteiger partial charge in [-0.2, -0.15) is 26.3 Å². The standard InChI is InChI=1S/C29H16F6O4/c30-28(31,32)25(36)38-19-13-9-17(10-14-19)27(18-11-15-20(16-12-18)39-26(37)29(33,34)35)23-7-3-1-5-21(23)22-6-2-4-8-24(22)27/h1-16H. The number of carbonyl (C=O) groups excluding carboxylic acids is 2. The zero-order chi connectivity index (χ0) is 28.0. The van der Waals surface area contributed by atoms with Crippen LogP contribution in [-0.2, 0) is 15.0 Å². The molecule has 0 N–H and O–H groups in total. The number of carbonyl (C=O) groups is 2. The normalized spacial score (nSPS) is 13.8. The number of fused-ring (bicyclic) bond motifs is 3. The molecule has 0 radical (unpaired) electrons. The first kappa shape index (κ1) is 26.0. The minimum atomic E-state index is -5.17. The summed E-state index contributed by atoms with van der Waals surface area (Å²) in [7, 11) is 0. The molecule has 39 heavy (non-hydrogen) atoms. The number of alkyl halides is 6. The van der Waals surface area contributed by atoms with Gasteiger partial charge in [0.15, 0.2) is 0 Å². The molecule has 0 atom stereocenters. The first-order chi connectivity index (χ1) is 18.4. The fraction of sp³-hybridized carbons (Fsp3) is 0.103. The molecule has 4 aromatic rings. The van der Waals surface area contributed by atoms with Gasteiger partial charge in [0.2, 0.25) is 0 Å². The van der Waals surface area contributed by atoms with Crippen LogP contribution in [0.15, 0.2) is 97.1 Å². The smallest absolute Gasteiger partial charge is 0.420 e. The number of rotatable bonds is 4. The summed E-state index contributed by atoms with van der Waals surface area (Å²) < 4.78 is 85.0. The van der Waals surface area contributed by atoms with Gasteiger partial charge in [0.05, 0.1) is 5.41 Å². The summed E-state index contributed by atoms with van der Waals surface area (Å²) in [6.07, 6.45) is -10.3. The van der Waals surface area contributed by atoms with Crippen LogP contribution in [0.4, 0.5) is 26.3 Å². The summed E-state index contributed by atoms with van der Waals surface area (Å²) in [4.78, 5) is 22.6. The van der Waals surface area contributed by atoms with Gasteiger partial charge in [-0.05, 0) is 57.6 Å². The molecule has 0 bridgehead atoms. The molecule has 4 aromatic carbocycles. The van der Waals surface area contributed by atoms with Crippen LogP contribution in [0.25, 0.3) is 11.1 Å². The third kappa shape index (κ3) is 4.52. The van der Waals surface area contributed by atoms with E-state index in [1.54, 1.807) is 0 Å². The molecule has 5 rings (SSSR count). The van der Waals surface area contributed by atoms with Crippen molar-refractivity contribution < 1.29 is 45.4 Å². The van der Waals surface area contributed by atoms with Crippen molar-refractivity contribution in [2.45, 2.75) is 17.8 Å². The maximum atomic E-state index is 12.7. The minimum Gasteiger partial charge on any atom is -0.420 e. The number of esters is 2. The van der Waals surface area contributed by atoms with Gasteiger partial charge in [0.1, 0.15) is 11.5 Å². The predicted molar refractivity (Wildman–Crippen MR) is 127 cm³/mol. The van der Waals surface area contributed by atoms with Gasteiger partial charge >= 0.3 is 24.3 Å². The zero-order valence-electron chi connectivity index (χ0n) is 19.6. The molecule has 10 heteroatoms. The highest BCUT2D eigenvalue weighted by atomic mass is 19.4. The van der Waals surface area contributed by atoms with Crippen molar-refractivity contribution in [3.63, 3.8) is 0 Å². The van der Waals surface area contributed by atoms with Crippen LogP contribution in [0.2, 0.25) is 0 Å². The van der Waals surface area contributed by atoms with Crippen molar-refractivity contribution in [3.05, 3.63) is 119 Å². The van der Waals surface area contributed by atoms with Gasteiger partial charge in [-0.15, -0.1) is 0 Å². The second-order valence-corrected chi connectivity index (χ2v) is 8.66. The van der Waals surface area contributed by atoms with Crippen molar-refractivity contribution in [2.75, 3.05) is 0 Å². The molecular formula is C29H16F6O4. The molecule has 0 fully saturated rings. The molecule has 0 saturated carbocycles. The largest absolute Gasteiger partial charge is 0.491 e. The molecular weight excluding hydrogens is 526 g/mol. The maximum Gasteiger partial charge on any atom is 0.491 e. The van der Waals surface area contributed by atoms with E-state index in [9.17, 15) is 35.9 Å². The first-order valence-electron chi connectivity index (χ1n) is 11.4. The molecule has 0 aromatic heterocycles. The Labute approximate surface area is 217 Å². The highest BCUT2D eigenvalue weighted by Crippen LogP contribution is 2.56. The summed E-state index contributed by atoms with van der Waals surface area (Å²) in [5.74, 6) is -5.34. The van der Waals surface area contributed by atoms with Gasteiger partial charge in [-0.3, -0.25) is 0 Å². The monoisotopic (exact) mass is 542 g/mol. The average Bonchev–Trinajstić information content (AvgIpc) is 3.20. The molecule has 0 saturated heterocycles. The van der Waals surface area contributed by atoms with Gasteiger partial charge < -0.3 is 9.47 Å². The van der Waals surface area contributed by atoms with Crippen molar-refractivity contribution in [1.82, 2.24) is 0 Å². The van der Waals surface area contributed by atoms with Crippen LogP contribution in [-0.4, -0.2) is 24.3 Å². The van der Waals surface area contributed by atoms with E-state index in [-0.39, 0.29) is 11.5 Å². The predicted octanol–water partition coefficient (Wildman–Crippen LogP) is 6.99. The highest BCUT2D eigenvalue weighted by Gasteiger charge is 2.46. The Morgan fingerprint density at radius 1 is 0.513 bits per heavy atom. The molecule has 0 amide bonds. The maximum absolute atomic E-state index is 12.7. The van der Waals surface area contributed by atoms with Crippen LogP contribution in [0, 0.1) is 0 Å². The first-order valence-corrected chi connectivity index (χ1v) is 11.4. The van der Waals surface area contributed by atoms with E-state index < -0.39 is 29.7 Å². The van der Waals surface area contributed by atoms with Crippen LogP contribution in [0.1, 0.15) is 22.3 Å². The summed E-state index contributed by atoms with van der Waals surface area (Å²) >= 11 is 0. The van der Waals surface area contributed by atoms with E-state index in [1.807, 2.05) is 48.5 Å².